The van der Waals surface area contributed by atoms with Gasteiger partial charge in [0.1, 0.15) is 0 Å². The molecule has 0 spiro atoms. The van der Waals surface area contributed by atoms with Crippen molar-refractivity contribution < 1.29 is 5.11 Å². The van der Waals surface area contributed by atoms with Crippen LogP contribution in [0.4, 0.5) is 0 Å². The Labute approximate surface area is 111 Å². The van der Waals surface area contributed by atoms with Gasteiger partial charge in [0, 0.05) is 22.3 Å². The molecule has 3 nitrogen and oxygen atoms in total. The Morgan fingerprint density at radius 1 is 1.50 bits per heavy atom. The Morgan fingerprint density at radius 2 is 2.33 bits per heavy atom. The summed E-state index contributed by atoms with van der Waals surface area (Å²) in [6.45, 7) is 4.98. The smallest absolute Gasteiger partial charge is 0.0898 e. The number of hydrogen-bond donors (Lipinski definition) is 1. The Bertz CT molecular complexity index is 570. The second-order valence-corrected chi connectivity index (χ2v) is 6.10. The van der Waals surface area contributed by atoms with Crippen molar-refractivity contribution in [1.29, 1.82) is 0 Å². The Balaban J connectivity index is 1.97. The van der Waals surface area contributed by atoms with E-state index in [2.05, 4.69) is 27.9 Å². The first kappa shape index (κ1) is 11.9. The van der Waals surface area contributed by atoms with Gasteiger partial charge in [-0.1, -0.05) is 0 Å². The third kappa shape index (κ3) is 1.99. The van der Waals surface area contributed by atoms with Crippen LogP contribution in [0.1, 0.15) is 46.6 Å². The van der Waals surface area contributed by atoms with E-state index in [1.165, 1.54) is 11.4 Å². The topological polar surface area (TPSA) is 38.0 Å². The Morgan fingerprint density at radius 3 is 3.06 bits per heavy atom. The van der Waals surface area contributed by atoms with E-state index in [1.807, 2.05) is 6.92 Å². The number of aryl methyl sites for hydroxylation is 2. The number of hydrogen-bond acceptors (Lipinski definition) is 3. The molecule has 0 saturated heterocycles. The molecule has 4 heteroatoms. The lowest BCUT2D eigenvalue weighted by Gasteiger charge is -2.20. The predicted molar refractivity (Wildman–Crippen MR) is 73.0 cm³/mol. The van der Waals surface area contributed by atoms with Gasteiger partial charge in [0.05, 0.1) is 23.4 Å². The molecule has 2 heterocycles. The Kier molecular flexibility index (Phi) is 2.99. The van der Waals surface area contributed by atoms with E-state index in [0.29, 0.717) is 0 Å². The molecular formula is C14H18N2OS. The number of fused-ring (bicyclic) bond motifs is 1. The molecule has 2 aromatic rings. The monoisotopic (exact) mass is 262 g/mol. The molecule has 18 heavy (non-hydrogen) atoms. The van der Waals surface area contributed by atoms with Crippen LogP contribution in [0.25, 0.3) is 0 Å². The van der Waals surface area contributed by atoms with Gasteiger partial charge in [0.25, 0.3) is 0 Å². The molecule has 0 radical (unpaired) electrons. The number of aromatic nitrogens is 2. The number of aliphatic hydroxyl groups excluding tert-OH is 1. The van der Waals surface area contributed by atoms with Crippen molar-refractivity contribution in [2.75, 3.05) is 0 Å². The maximum absolute atomic E-state index is 10.0. The van der Waals surface area contributed by atoms with Crippen molar-refractivity contribution in [2.45, 2.75) is 45.8 Å². The molecule has 0 aliphatic heterocycles. The molecule has 1 N–H and O–H groups in total. The quantitative estimate of drug-likeness (QED) is 0.903. The zero-order valence-electron chi connectivity index (χ0n) is 10.8. The van der Waals surface area contributed by atoms with Crippen molar-refractivity contribution in [1.82, 2.24) is 9.55 Å². The molecule has 3 rings (SSSR count). The Hall–Kier alpha value is -1.13. The highest BCUT2D eigenvalue weighted by atomic mass is 32.1. The fourth-order valence-electron chi connectivity index (χ4n) is 2.80. The first-order valence-electron chi connectivity index (χ1n) is 6.43. The maximum atomic E-state index is 10.0. The van der Waals surface area contributed by atoms with E-state index in [4.69, 9.17) is 0 Å². The van der Waals surface area contributed by atoms with Crippen LogP contribution in [0, 0.1) is 13.8 Å². The van der Waals surface area contributed by atoms with E-state index in [9.17, 15) is 5.11 Å². The zero-order valence-corrected chi connectivity index (χ0v) is 11.6. The van der Waals surface area contributed by atoms with Gasteiger partial charge in [-0.25, -0.2) is 4.98 Å². The van der Waals surface area contributed by atoms with Crippen LogP contribution in [0.3, 0.4) is 0 Å². The molecule has 1 aliphatic carbocycles. The largest absolute Gasteiger partial charge is 0.388 e. The van der Waals surface area contributed by atoms with E-state index in [-0.39, 0.29) is 6.10 Å². The number of rotatable bonds is 2. The van der Waals surface area contributed by atoms with Crippen LogP contribution < -0.4 is 0 Å². The highest BCUT2D eigenvalue weighted by molar-refractivity contribution is 7.09. The summed E-state index contributed by atoms with van der Waals surface area (Å²) in [5.41, 5.74) is 4.79. The standard InChI is InChI=1S/C14H18N2OS/c1-9-6-12-13(4-3-5-14(12)17)16(9)7-11-8-18-10(2)15-11/h6,8,14,17H,3-5,7H2,1-2H3. The average Bonchev–Trinajstić information content (AvgIpc) is 2.87. The minimum absolute atomic E-state index is 0.272. The van der Waals surface area contributed by atoms with E-state index < -0.39 is 0 Å². The molecule has 1 atom stereocenters. The van der Waals surface area contributed by atoms with E-state index >= 15 is 0 Å². The summed E-state index contributed by atoms with van der Waals surface area (Å²) < 4.78 is 2.31. The SMILES string of the molecule is Cc1nc(Cn2c(C)cc3c2CCCC3O)cs1. The van der Waals surface area contributed by atoms with Gasteiger partial charge < -0.3 is 9.67 Å². The summed E-state index contributed by atoms with van der Waals surface area (Å²) in [5, 5.41) is 13.3. The summed E-state index contributed by atoms with van der Waals surface area (Å²) in [5.74, 6) is 0. The summed E-state index contributed by atoms with van der Waals surface area (Å²) in [6.07, 6.45) is 2.77. The lowest BCUT2D eigenvalue weighted by Crippen LogP contribution is -2.13. The molecule has 96 valence electrons. The van der Waals surface area contributed by atoms with Crippen molar-refractivity contribution in [2.24, 2.45) is 0 Å². The van der Waals surface area contributed by atoms with Crippen molar-refractivity contribution in [3.8, 4) is 0 Å². The molecule has 0 saturated carbocycles. The lowest BCUT2D eigenvalue weighted by atomic mass is 9.95. The normalized spacial score (nSPS) is 18.9. The molecule has 1 aliphatic rings. The van der Waals surface area contributed by atoms with Gasteiger partial charge in [-0.05, 0) is 39.2 Å². The van der Waals surface area contributed by atoms with E-state index in [0.717, 1.165) is 42.1 Å². The number of aliphatic hydroxyl groups is 1. The van der Waals surface area contributed by atoms with Crippen LogP contribution in [0.15, 0.2) is 11.4 Å². The van der Waals surface area contributed by atoms with Crippen LogP contribution in [0.2, 0.25) is 0 Å². The zero-order chi connectivity index (χ0) is 12.7. The first-order chi connectivity index (χ1) is 8.65. The van der Waals surface area contributed by atoms with Gasteiger partial charge in [0.2, 0.25) is 0 Å². The average molecular weight is 262 g/mol. The van der Waals surface area contributed by atoms with Gasteiger partial charge in [-0.15, -0.1) is 11.3 Å². The van der Waals surface area contributed by atoms with Crippen LogP contribution in [-0.4, -0.2) is 14.7 Å². The van der Waals surface area contributed by atoms with Crippen molar-refractivity contribution in [3.63, 3.8) is 0 Å². The van der Waals surface area contributed by atoms with Crippen LogP contribution in [0.5, 0.6) is 0 Å². The molecule has 0 bridgehead atoms. The summed E-state index contributed by atoms with van der Waals surface area (Å²) in [4.78, 5) is 4.53. The van der Waals surface area contributed by atoms with E-state index in [1.54, 1.807) is 11.3 Å². The van der Waals surface area contributed by atoms with Gasteiger partial charge in [-0.2, -0.15) is 0 Å². The molecule has 1 unspecified atom stereocenters. The number of nitrogens with zero attached hydrogens (tertiary/aromatic N) is 2. The molecule has 2 aromatic heterocycles. The molecule has 0 fully saturated rings. The second-order valence-electron chi connectivity index (χ2n) is 5.04. The predicted octanol–water partition coefficient (Wildman–Crippen LogP) is 2.98. The highest BCUT2D eigenvalue weighted by Gasteiger charge is 2.23. The summed E-state index contributed by atoms with van der Waals surface area (Å²) >= 11 is 1.70. The highest BCUT2D eigenvalue weighted by Crippen LogP contribution is 2.32. The fourth-order valence-corrected chi connectivity index (χ4v) is 3.41. The number of thiazole rings is 1. The lowest BCUT2D eigenvalue weighted by molar-refractivity contribution is 0.155. The second kappa shape index (κ2) is 4.52. The van der Waals surface area contributed by atoms with Crippen molar-refractivity contribution in [3.05, 3.63) is 39.1 Å². The summed E-state index contributed by atoms with van der Waals surface area (Å²) in [6, 6.07) is 2.14. The van der Waals surface area contributed by atoms with Crippen molar-refractivity contribution >= 4 is 11.3 Å². The minimum Gasteiger partial charge on any atom is -0.388 e. The fraction of sp³-hybridized carbons (Fsp3) is 0.500. The molecule has 0 amide bonds. The third-order valence-corrected chi connectivity index (χ3v) is 4.51. The third-order valence-electron chi connectivity index (χ3n) is 3.69. The minimum atomic E-state index is -0.272. The molecular weight excluding hydrogens is 244 g/mol. The van der Waals surface area contributed by atoms with Crippen LogP contribution in [-0.2, 0) is 13.0 Å². The summed E-state index contributed by atoms with van der Waals surface area (Å²) in [7, 11) is 0. The van der Waals surface area contributed by atoms with Gasteiger partial charge in [0.15, 0.2) is 0 Å². The molecule has 0 aromatic carbocycles. The first-order valence-corrected chi connectivity index (χ1v) is 7.31. The maximum Gasteiger partial charge on any atom is 0.0898 e. The van der Waals surface area contributed by atoms with Gasteiger partial charge >= 0.3 is 0 Å². The van der Waals surface area contributed by atoms with Gasteiger partial charge in [-0.3, -0.25) is 0 Å². The van der Waals surface area contributed by atoms with Crippen LogP contribution >= 0.6 is 11.3 Å².